The van der Waals surface area contributed by atoms with E-state index in [1.165, 1.54) is 0 Å². The fourth-order valence-corrected chi connectivity index (χ4v) is 1.90. The Kier molecular flexibility index (Phi) is 3.42. The van der Waals surface area contributed by atoms with Crippen LogP contribution in [0.5, 0.6) is 0 Å². The van der Waals surface area contributed by atoms with Crippen LogP contribution in [0.4, 0.5) is 16.3 Å². The summed E-state index contributed by atoms with van der Waals surface area (Å²) in [6.45, 7) is 0.185. The minimum absolute atomic E-state index is 0.185. The van der Waals surface area contributed by atoms with Crippen LogP contribution in [-0.2, 0) is 11.3 Å². The Hall–Kier alpha value is -3.02. The molecule has 6 heteroatoms. The fraction of sp³-hybridized carbons (Fsp3) is 0.0667. The second kappa shape index (κ2) is 5.54. The van der Waals surface area contributed by atoms with Crippen LogP contribution in [0.25, 0.3) is 11.0 Å². The number of hydrogen-bond acceptors (Lipinski definition) is 5. The minimum Gasteiger partial charge on any atom is -0.444 e. The zero-order valence-corrected chi connectivity index (χ0v) is 11.1. The Balaban J connectivity index is 1.67. The van der Waals surface area contributed by atoms with Gasteiger partial charge in [-0.1, -0.05) is 35.5 Å². The summed E-state index contributed by atoms with van der Waals surface area (Å²) in [7, 11) is 0. The lowest BCUT2D eigenvalue weighted by atomic mass is 10.2. The van der Waals surface area contributed by atoms with Crippen molar-refractivity contribution in [1.29, 1.82) is 0 Å². The average Bonchev–Trinajstić information content (AvgIpc) is 2.88. The molecule has 3 N–H and O–H groups in total. The number of carbonyl (C=O) groups excluding carboxylic acids is 1. The number of nitrogen functional groups attached to an aromatic ring is 1. The van der Waals surface area contributed by atoms with Crippen molar-refractivity contribution in [2.24, 2.45) is 0 Å². The van der Waals surface area contributed by atoms with Gasteiger partial charge in [0.1, 0.15) is 6.61 Å². The maximum absolute atomic E-state index is 11.8. The van der Waals surface area contributed by atoms with Gasteiger partial charge < -0.3 is 15.0 Å². The molecule has 1 aromatic heterocycles. The van der Waals surface area contributed by atoms with Crippen LogP contribution in [0.2, 0.25) is 0 Å². The number of anilines is 2. The molecular weight excluding hydrogens is 270 g/mol. The average molecular weight is 283 g/mol. The Morgan fingerprint density at radius 1 is 1.24 bits per heavy atom. The van der Waals surface area contributed by atoms with Gasteiger partial charge in [-0.15, -0.1) is 0 Å². The highest BCUT2D eigenvalue weighted by Gasteiger charge is 2.12. The monoisotopic (exact) mass is 283 g/mol. The summed E-state index contributed by atoms with van der Waals surface area (Å²) >= 11 is 0. The van der Waals surface area contributed by atoms with Gasteiger partial charge in [-0.25, -0.2) is 4.79 Å². The Morgan fingerprint density at radius 3 is 2.86 bits per heavy atom. The van der Waals surface area contributed by atoms with Gasteiger partial charge in [0.05, 0.1) is 5.39 Å². The molecule has 6 nitrogen and oxygen atoms in total. The summed E-state index contributed by atoms with van der Waals surface area (Å²) in [5, 5.41) is 6.96. The molecule has 2 aromatic carbocycles. The number of nitrogens with two attached hydrogens (primary N) is 1. The van der Waals surface area contributed by atoms with Crippen LogP contribution in [0, 0.1) is 0 Å². The van der Waals surface area contributed by atoms with Crippen LogP contribution >= 0.6 is 0 Å². The third kappa shape index (κ3) is 2.94. The molecule has 0 aliphatic heterocycles. The summed E-state index contributed by atoms with van der Waals surface area (Å²) in [5.74, 6) is 0.287. The van der Waals surface area contributed by atoms with Crippen molar-refractivity contribution >= 4 is 28.6 Å². The van der Waals surface area contributed by atoms with Crippen LogP contribution < -0.4 is 11.1 Å². The van der Waals surface area contributed by atoms with Crippen molar-refractivity contribution in [2.75, 3.05) is 11.1 Å². The minimum atomic E-state index is -0.600. The van der Waals surface area contributed by atoms with E-state index < -0.39 is 6.09 Å². The Labute approximate surface area is 120 Å². The van der Waals surface area contributed by atoms with Gasteiger partial charge in [0.2, 0.25) is 0 Å². The van der Waals surface area contributed by atoms with Crippen molar-refractivity contribution < 1.29 is 14.1 Å². The van der Waals surface area contributed by atoms with Gasteiger partial charge in [-0.05, 0) is 23.8 Å². The van der Waals surface area contributed by atoms with E-state index in [2.05, 4.69) is 10.5 Å². The molecule has 21 heavy (non-hydrogen) atoms. The highest BCUT2D eigenvalue weighted by atomic mass is 16.5. The third-order valence-corrected chi connectivity index (χ3v) is 2.93. The fourth-order valence-electron chi connectivity index (χ4n) is 1.90. The molecule has 0 radical (unpaired) electrons. The van der Waals surface area contributed by atoms with Crippen LogP contribution in [0.1, 0.15) is 5.56 Å². The molecule has 3 aromatic rings. The predicted molar refractivity (Wildman–Crippen MR) is 78.7 cm³/mol. The molecule has 0 saturated carbocycles. The largest absolute Gasteiger partial charge is 0.444 e. The lowest BCUT2D eigenvalue weighted by molar-refractivity contribution is 0.155. The molecule has 0 aliphatic rings. The number of nitrogens with one attached hydrogen (secondary N) is 1. The molecule has 1 amide bonds. The van der Waals surface area contributed by atoms with Gasteiger partial charge in [0, 0.05) is 5.69 Å². The Morgan fingerprint density at radius 2 is 2.05 bits per heavy atom. The zero-order valence-electron chi connectivity index (χ0n) is 11.1. The molecule has 1 heterocycles. The van der Waals surface area contributed by atoms with Crippen LogP contribution in [-0.4, -0.2) is 11.2 Å². The number of carbonyl (C=O) groups is 1. The second-order valence-electron chi connectivity index (χ2n) is 4.47. The highest BCUT2D eigenvalue weighted by Crippen LogP contribution is 2.24. The molecular formula is C15H13N3O3. The number of nitrogens with zero attached hydrogens (tertiary/aromatic N) is 1. The second-order valence-corrected chi connectivity index (χ2v) is 4.47. The molecule has 0 unspecified atom stereocenters. The number of ether oxygens (including phenoxy) is 1. The van der Waals surface area contributed by atoms with Crippen molar-refractivity contribution in [3.63, 3.8) is 0 Å². The summed E-state index contributed by atoms with van der Waals surface area (Å²) in [6.07, 6.45) is -0.600. The molecule has 3 rings (SSSR count). The first-order valence-corrected chi connectivity index (χ1v) is 6.35. The van der Waals surface area contributed by atoms with Crippen LogP contribution in [0.15, 0.2) is 53.1 Å². The van der Waals surface area contributed by atoms with Gasteiger partial charge in [0.15, 0.2) is 11.4 Å². The van der Waals surface area contributed by atoms with E-state index in [0.29, 0.717) is 16.7 Å². The molecule has 0 fully saturated rings. The van der Waals surface area contributed by atoms with Gasteiger partial charge in [0.25, 0.3) is 0 Å². The lowest BCUT2D eigenvalue weighted by Crippen LogP contribution is -2.13. The maximum atomic E-state index is 11.8. The summed E-state index contributed by atoms with van der Waals surface area (Å²) in [6, 6.07) is 14.5. The Bertz CT molecular complexity index is 768. The summed E-state index contributed by atoms with van der Waals surface area (Å²) < 4.78 is 10.2. The number of benzene rings is 2. The van der Waals surface area contributed by atoms with E-state index in [4.69, 9.17) is 15.0 Å². The zero-order chi connectivity index (χ0) is 14.7. The molecule has 0 saturated heterocycles. The van der Waals surface area contributed by atoms with E-state index in [1.807, 2.05) is 30.3 Å². The van der Waals surface area contributed by atoms with E-state index in [0.717, 1.165) is 5.56 Å². The van der Waals surface area contributed by atoms with E-state index >= 15 is 0 Å². The van der Waals surface area contributed by atoms with Gasteiger partial charge in [-0.3, -0.25) is 5.32 Å². The SMILES string of the molecule is Nc1ccc2onc(NC(=O)OCc3ccccc3)c2c1. The van der Waals surface area contributed by atoms with E-state index in [9.17, 15) is 4.79 Å². The van der Waals surface area contributed by atoms with Crippen molar-refractivity contribution in [2.45, 2.75) is 6.61 Å². The lowest BCUT2D eigenvalue weighted by Gasteiger charge is -2.05. The molecule has 0 atom stereocenters. The summed E-state index contributed by atoms with van der Waals surface area (Å²) in [5.41, 5.74) is 7.71. The number of aromatic nitrogens is 1. The topological polar surface area (TPSA) is 90.4 Å². The molecule has 0 bridgehead atoms. The van der Waals surface area contributed by atoms with E-state index in [-0.39, 0.29) is 12.4 Å². The third-order valence-electron chi connectivity index (χ3n) is 2.93. The number of rotatable bonds is 3. The summed E-state index contributed by atoms with van der Waals surface area (Å²) in [4.78, 5) is 11.8. The number of fused-ring (bicyclic) bond motifs is 1. The number of hydrogen-bond donors (Lipinski definition) is 2. The first-order chi connectivity index (χ1) is 10.2. The maximum Gasteiger partial charge on any atom is 0.413 e. The molecule has 0 spiro atoms. The highest BCUT2D eigenvalue weighted by molar-refractivity contribution is 5.97. The quantitative estimate of drug-likeness (QED) is 0.720. The van der Waals surface area contributed by atoms with Gasteiger partial charge in [-0.2, -0.15) is 0 Å². The predicted octanol–water partition coefficient (Wildman–Crippen LogP) is 3.16. The first kappa shape index (κ1) is 13.0. The van der Waals surface area contributed by atoms with Crippen molar-refractivity contribution in [3.05, 3.63) is 54.1 Å². The van der Waals surface area contributed by atoms with Crippen molar-refractivity contribution in [1.82, 2.24) is 5.16 Å². The van der Waals surface area contributed by atoms with Crippen molar-refractivity contribution in [3.8, 4) is 0 Å². The number of amides is 1. The van der Waals surface area contributed by atoms with Gasteiger partial charge >= 0.3 is 6.09 Å². The normalized spacial score (nSPS) is 10.5. The standard InChI is InChI=1S/C15H13N3O3/c16-11-6-7-13-12(8-11)14(18-21-13)17-15(19)20-9-10-4-2-1-3-5-10/h1-8H,9,16H2,(H,17,18,19). The van der Waals surface area contributed by atoms with Crippen LogP contribution in [0.3, 0.4) is 0 Å². The smallest absolute Gasteiger partial charge is 0.413 e. The first-order valence-electron chi connectivity index (χ1n) is 6.35. The molecule has 0 aliphatic carbocycles. The molecule has 106 valence electrons. The van der Waals surface area contributed by atoms with E-state index in [1.54, 1.807) is 18.2 Å².